The predicted octanol–water partition coefficient (Wildman–Crippen LogP) is 2.40. The fourth-order valence-corrected chi connectivity index (χ4v) is 3.50. The second kappa shape index (κ2) is 6.89. The van der Waals surface area contributed by atoms with Crippen LogP contribution < -0.4 is 0 Å². The molecule has 20 heavy (non-hydrogen) atoms. The Hall–Kier alpha value is -0.630. The minimum absolute atomic E-state index is 0.0722. The zero-order valence-electron chi connectivity index (χ0n) is 11.3. The standard InChI is InChI=1S/C12H15BrClNO4S/c1-8-10(12(16)15(2)4-5-19-3)6-9(13)7-11(8)20(14,17)18/h6-7H,4-5H2,1-3H3. The van der Waals surface area contributed by atoms with Gasteiger partial charge in [-0.15, -0.1) is 0 Å². The molecule has 1 rings (SSSR count). The normalized spacial score (nSPS) is 11.4. The fourth-order valence-electron chi connectivity index (χ4n) is 1.66. The number of methoxy groups -OCH3 is 1. The Kier molecular flexibility index (Phi) is 6.00. The molecular weight excluding hydrogens is 370 g/mol. The van der Waals surface area contributed by atoms with Gasteiger partial charge in [0.1, 0.15) is 0 Å². The summed E-state index contributed by atoms with van der Waals surface area (Å²) in [7, 11) is 4.64. The van der Waals surface area contributed by atoms with Crippen molar-refractivity contribution in [2.75, 3.05) is 27.3 Å². The summed E-state index contributed by atoms with van der Waals surface area (Å²) in [6, 6.07) is 2.95. The van der Waals surface area contributed by atoms with Crippen LogP contribution in [0, 0.1) is 6.92 Å². The summed E-state index contributed by atoms with van der Waals surface area (Å²) < 4.78 is 28.4. The average molecular weight is 385 g/mol. The molecule has 0 atom stereocenters. The summed E-state index contributed by atoms with van der Waals surface area (Å²) in [4.78, 5) is 13.7. The van der Waals surface area contributed by atoms with Gasteiger partial charge in [-0.1, -0.05) is 15.9 Å². The highest BCUT2D eigenvalue weighted by Gasteiger charge is 2.22. The molecule has 112 valence electrons. The molecule has 0 bridgehead atoms. The zero-order valence-corrected chi connectivity index (χ0v) is 14.5. The third kappa shape index (κ3) is 4.18. The zero-order chi connectivity index (χ0) is 15.5. The van der Waals surface area contributed by atoms with E-state index < -0.39 is 9.05 Å². The number of benzene rings is 1. The van der Waals surface area contributed by atoms with Gasteiger partial charge >= 0.3 is 0 Å². The third-order valence-electron chi connectivity index (χ3n) is 2.80. The molecule has 0 saturated carbocycles. The minimum Gasteiger partial charge on any atom is -0.383 e. The van der Waals surface area contributed by atoms with E-state index in [-0.39, 0.29) is 16.4 Å². The van der Waals surface area contributed by atoms with Crippen LogP contribution in [0.25, 0.3) is 0 Å². The van der Waals surface area contributed by atoms with Gasteiger partial charge in [0.05, 0.1) is 11.5 Å². The molecule has 8 heteroatoms. The van der Waals surface area contributed by atoms with E-state index in [1.165, 1.54) is 11.0 Å². The molecule has 0 saturated heterocycles. The van der Waals surface area contributed by atoms with Crippen LogP contribution in [-0.2, 0) is 13.8 Å². The van der Waals surface area contributed by atoms with Crippen molar-refractivity contribution in [1.29, 1.82) is 0 Å². The van der Waals surface area contributed by atoms with Crippen molar-refractivity contribution >= 4 is 41.6 Å². The lowest BCUT2D eigenvalue weighted by Gasteiger charge is -2.19. The van der Waals surface area contributed by atoms with Crippen molar-refractivity contribution in [1.82, 2.24) is 4.90 Å². The average Bonchev–Trinajstić information content (AvgIpc) is 2.36. The molecule has 0 aliphatic carbocycles. The van der Waals surface area contributed by atoms with Crippen LogP contribution in [-0.4, -0.2) is 46.5 Å². The van der Waals surface area contributed by atoms with E-state index in [0.29, 0.717) is 23.2 Å². The molecule has 5 nitrogen and oxygen atoms in total. The second-order valence-electron chi connectivity index (χ2n) is 4.23. The number of nitrogens with zero attached hydrogens (tertiary/aromatic N) is 1. The molecule has 0 spiro atoms. The quantitative estimate of drug-likeness (QED) is 0.731. The first kappa shape index (κ1) is 17.4. The Morgan fingerprint density at radius 2 is 2.05 bits per heavy atom. The number of ether oxygens (including phenoxy) is 1. The number of amides is 1. The maximum atomic E-state index is 12.3. The molecule has 0 aromatic heterocycles. The van der Waals surface area contributed by atoms with E-state index in [1.807, 2.05) is 0 Å². The molecule has 0 radical (unpaired) electrons. The van der Waals surface area contributed by atoms with Gasteiger partial charge in [0, 0.05) is 41.4 Å². The first-order chi connectivity index (χ1) is 9.18. The van der Waals surface area contributed by atoms with E-state index in [2.05, 4.69) is 15.9 Å². The van der Waals surface area contributed by atoms with E-state index in [9.17, 15) is 13.2 Å². The van der Waals surface area contributed by atoms with E-state index in [1.54, 1.807) is 27.1 Å². The summed E-state index contributed by atoms with van der Waals surface area (Å²) in [6.45, 7) is 2.36. The van der Waals surface area contributed by atoms with Crippen molar-refractivity contribution in [2.45, 2.75) is 11.8 Å². The number of hydrogen-bond donors (Lipinski definition) is 0. The van der Waals surface area contributed by atoms with Gasteiger partial charge in [-0.3, -0.25) is 4.79 Å². The van der Waals surface area contributed by atoms with Crippen LogP contribution in [0.3, 0.4) is 0 Å². The predicted molar refractivity (Wildman–Crippen MR) is 80.8 cm³/mol. The van der Waals surface area contributed by atoms with Crippen LogP contribution in [0.5, 0.6) is 0 Å². The maximum absolute atomic E-state index is 12.3. The van der Waals surface area contributed by atoms with Crippen molar-refractivity contribution in [3.63, 3.8) is 0 Å². The molecule has 1 aromatic rings. The molecular formula is C12H15BrClNO4S. The van der Waals surface area contributed by atoms with Crippen molar-refractivity contribution in [2.24, 2.45) is 0 Å². The van der Waals surface area contributed by atoms with Crippen molar-refractivity contribution in [3.05, 3.63) is 27.7 Å². The van der Waals surface area contributed by atoms with Crippen LogP contribution >= 0.6 is 26.6 Å². The van der Waals surface area contributed by atoms with E-state index in [4.69, 9.17) is 15.4 Å². The molecule has 0 aliphatic rings. The number of likely N-dealkylation sites (N-methyl/N-ethyl adjacent to an activating group) is 1. The number of hydrogen-bond acceptors (Lipinski definition) is 4. The summed E-state index contributed by atoms with van der Waals surface area (Å²) in [5.41, 5.74) is 0.620. The Balaban J connectivity index is 3.26. The molecule has 1 aromatic carbocycles. The monoisotopic (exact) mass is 383 g/mol. The highest BCUT2D eigenvalue weighted by Crippen LogP contribution is 2.27. The lowest BCUT2D eigenvalue weighted by molar-refractivity contribution is 0.0743. The van der Waals surface area contributed by atoms with Gasteiger partial charge in [0.15, 0.2) is 0 Å². The van der Waals surface area contributed by atoms with E-state index >= 15 is 0 Å². The van der Waals surface area contributed by atoms with Crippen molar-refractivity contribution in [3.8, 4) is 0 Å². The summed E-state index contributed by atoms with van der Waals surface area (Å²) >= 11 is 3.19. The van der Waals surface area contributed by atoms with Crippen LogP contribution in [0.2, 0.25) is 0 Å². The second-order valence-corrected chi connectivity index (χ2v) is 7.68. The lowest BCUT2D eigenvalue weighted by Crippen LogP contribution is -2.30. The largest absolute Gasteiger partial charge is 0.383 e. The Morgan fingerprint density at radius 1 is 1.45 bits per heavy atom. The number of rotatable bonds is 5. The smallest absolute Gasteiger partial charge is 0.261 e. The van der Waals surface area contributed by atoms with E-state index in [0.717, 1.165) is 0 Å². The highest BCUT2D eigenvalue weighted by atomic mass is 79.9. The molecule has 1 amide bonds. The summed E-state index contributed by atoms with van der Waals surface area (Å²) in [5.74, 6) is -0.289. The van der Waals surface area contributed by atoms with Crippen LogP contribution in [0.1, 0.15) is 15.9 Å². The van der Waals surface area contributed by atoms with Crippen LogP contribution in [0.4, 0.5) is 0 Å². The minimum atomic E-state index is -3.91. The van der Waals surface area contributed by atoms with Gasteiger partial charge < -0.3 is 9.64 Å². The van der Waals surface area contributed by atoms with Gasteiger partial charge in [0.25, 0.3) is 15.0 Å². The summed E-state index contributed by atoms with van der Waals surface area (Å²) in [6.07, 6.45) is 0. The first-order valence-corrected chi connectivity index (χ1v) is 8.78. The molecule has 0 N–H and O–H groups in total. The first-order valence-electron chi connectivity index (χ1n) is 5.67. The Labute approximate surface area is 131 Å². The van der Waals surface area contributed by atoms with Crippen LogP contribution in [0.15, 0.2) is 21.5 Å². The SMILES string of the molecule is COCCN(C)C(=O)c1cc(Br)cc(S(=O)(=O)Cl)c1C. The molecule has 0 heterocycles. The topological polar surface area (TPSA) is 63.7 Å². The Morgan fingerprint density at radius 3 is 2.55 bits per heavy atom. The number of carbonyl (C=O) groups is 1. The number of carbonyl (C=O) groups excluding carboxylic acids is 1. The van der Waals surface area contributed by atoms with Gasteiger partial charge in [-0.25, -0.2) is 8.42 Å². The summed E-state index contributed by atoms with van der Waals surface area (Å²) in [5, 5.41) is 0. The van der Waals surface area contributed by atoms with Gasteiger partial charge in [-0.05, 0) is 24.6 Å². The van der Waals surface area contributed by atoms with Crippen molar-refractivity contribution < 1.29 is 17.9 Å². The maximum Gasteiger partial charge on any atom is 0.261 e. The Bertz CT molecular complexity index is 618. The fraction of sp³-hybridized carbons (Fsp3) is 0.417. The number of halogens is 2. The highest BCUT2D eigenvalue weighted by molar-refractivity contribution is 9.10. The lowest BCUT2D eigenvalue weighted by atomic mass is 10.1. The molecule has 0 unspecified atom stereocenters. The molecule has 0 fully saturated rings. The third-order valence-corrected chi connectivity index (χ3v) is 4.70. The van der Waals surface area contributed by atoms with Gasteiger partial charge in [-0.2, -0.15) is 0 Å². The van der Waals surface area contributed by atoms with Gasteiger partial charge in [0.2, 0.25) is 0 Å². The molecule has 0 aliphatic heterocycles.